The van der Waals surface area contributed by atoms with Crippen LogP contribution < -0.4 is 15.8 Å². The molecule has 0 amide bonds. The van der Waals surface area contributed by atoms with Crippen molar-refractivity contribution in [2.45, 2.75) is 31.8 Å². The molecule has 0 aliphatic carbocycles. The summed E-state index contributed by atoms with van der Waals surface area (Å²) in [6.07, 6.45) is 3.90. The molecule has 0 aliphatic rings. The third-order valence-corrected chi connectivity index (χ3v) is 3.13. The van der Waals surface area contributed by atoms with E-state index in [1.54, 1.807) is 18.2 Å². The normalized spacial score (nSPS) is 11.9. The van der Waals surface area contributed by atoms with Gasteiger partial charge in [-0.15, -0.1) is 0 Å². The Balaban J connectivity index is 2.11. The van der Waals surface area contributed by atoms with Gasteiger partial charge in [0, 0.05) is 6.54 Å². The molecule has 1 aromatic rings. The van der Waals surface area contributed by atoms with E-state index >= 15 is 0 Å². The molecule has 0 saturated carbocycles. The zero-order chi connectivity index (χ0) is 15.3. The number of hydrogen-bond acceptors (Lipinski definition) is 5. The number of nitrogens with one attached hydrogen (secondary N) is 1. The molecule has 0 saturated heterocycles. The summed E-state index contributed by atoms with van der Waals surface area (Å²) in [6.45, 7) is 2.31. The fourth-order valence-corrected chi connectivity index (χ4v) is 1.95. The Labute approximate surface area is 126 Å². The number of benzene rings is 1. The van der Waals surface area contributed by atoms with Gasteiger partial charge in [-0.05, 0) is 38.1 Å². The summed E-state index contributed by atoms with van der Waals surface area (Å²) in [5.74, 6) is 0.515. The number of rotatable bonds is 11. The molecule has 0 bridgehead atoms. The Bertz CT molecular complexity index is 432. The number of hydrogen-bond donors (Lipinski definition) is 3. The van der Waals surface area contributed by atoms with Crippen LogP contribution in [0.5, 0.6) is 5.75 Å². The second-order valence-corrected chi connectivity index (χ2v) is 4.98. The fraction of sp³-hybridized carbons (Fsp3) is 0.562. The van der Waals surface area contributed by atoms with E-state index in [0.29, 0.717) is 17.9 Å². The van der Waals surface area contributed by atoms with Gasteiger partial charge >= 0.3 is 0 Å². The van der Waals surface area contributed by atoms with Gasteiger partial charge in [0.05, 0.1) is 5.56 Å². The molecule has 0 radical (unpaired) electrons. The topological polar surface area (TPSA) is 91.3 Å². The van der Waals surface area contributed by atoms with Crippen LogP contribution in [-0.2, 0) is 0 Å². The average Bonchev–Trinajstić information content (AvgIpc) is 2.52. The summed E-state index contributed by atoms with van der Waals surface area (Å²) in [4.78, 5) is 0. The average molecular weight is 291 g/mol. The molecule has 0 spiro atoms. The molecule has 116 valence electrons. The van der Waals surface area contributed by atoms with Gasteiger partial charge in [0.2, 0.25) is 0 Å². The number of unbranched alkanes of at least 4 members (excludes halogenated alkanes) is 3. The van der Waals surface area contributed by atoms with Crippen molar-refractivity contribution in [3.63, 3.8) is 0 Å². The maximum Gasteiger partial charge on any atom is 0.137 e. The van der Waals surface area contributed by atoms with Gasteiger partial charge < -0.3 is 20.9 Å². The highest BCUT2D eigenvalue weighted by atomic mass is 16.5. The smallest absolute Gasteiger partial charge is 0.137 e. The van der Waals surface area contributed by atoms with Crippen LogP contribution in [0.2, 0.25) is 0 Å². The van der Waals surface area contributed by atoms with Crippen molar-refractivity contribution in [2.24, 2.45) is 5.73 Å². The van der Waals surface area contributed by atoms with Gasteiger partial charge in [0.1, 0.15) is 24.5 Å². The molecule has 0 heterocycles. The van der Waals surface area contributed by atoms with E-state index in [4.69, 9.17) is 15.7 Å². The van der Waals surface area contributed by atoms with E-state index < -0.39 is 6.10 Å². The molecule has 1 unspecified atom stereocenters. The van der Waals surface area contributed by atoms with E-state index in [-0.39, 0.29) is 6.61 Å². The number of nitrogens with two attached hydrogens (primary N) is 1. The molecular weight excluding hydrogens is 266 g/mol. The Morgan fingerprint density at radius 3 is 2.76 bits per heavy atom. The monoisotopic (exact) mass is 291 g/mol. The van der Waals surface area contributed by atoms with Crippen molar-refractivity contribution < 1.29 is 9.84 Å². The zero-order valence-corrected chi connectivity index (χ0v) is 12.4. The number of nitrogens with zero attached hydrogens (tertiary/aromatic N) is 1. The lowest BCUT2D eigenvalue weighted by atomic mass is 10.2. The molecule has 0 aliphatic heterocycles. The van der Waals surface area contributed by atoms with Crippen LogP contribution in [0, 0.1) is 11.3 Å². The van der Waals surface area contributed by atoms with Crippen LogP contribution in [0.1, 0.15) is 31.2 Å². The second-order valence-electron chi connectivity index (χ2n) is 4.98. The standard InChI is InChI=1S/C16H25N3O2/c17-9-5-1-2-6-10-19-12-15(20)13-21-16-8-4-3-7-14(16)11-18/h3-4,7-8,15,19-20H,1-2,5-6,9-10,12-13,17H2. The van der Waals surface area contributed by atoms with E-state index in [0.717, 1.165) is 38.8 Å². The van der Waals surface area contributed by atoms with Crippen LogP contribution in [0.3, 0.4) is 0 Å². The van der Waals surface area contributed by atoms with E-state index in [1.807, 2.05) is 6.07 Å². The van der Waals surface area contributed by atoms with Gasteiger partial charge in [0.25, 0.3) is 0 Å². The molecule has 5 heteroatoms. The highest BCUT2D eigenvalue weighted by molar-refractivity contribution is 5.42. The summed E-state index contributed by atoms with van der Waals surface area (Å²) >= 11 is 0. The van der Waals surface area contributed by atoms with E-state index in [2.05, 4.69) is 11.4 Å². The molecule has 1 rings (SSSR count). The van der Waals surface area contributed by atoms with Gasteiger partial charge in [-0.25, -0.2) is 0 Å². The van der Waals surface area contributed by atoms with Gasteiger partial charge in [-0.1, -0.05) is 25.0 Å². The van der Waals surface area contributed by atoms with Crippen LogP contribution in [0.25, 0.3) is 0 Å². The molecule has 4 N–H and O–H groups in total. The van der Waals surface area contributed by atoms with Crippen molar-refractivity contribution >= 4 is 0 Å². The van der Waals surface area contributed by atoms with Crippen LogP contribution in [-0.4, -0.2) is 37.5 Å². The van der Waals surface area contributed by atoms with E-state index in [1.165, 1.54) is 0 Å². The Hall–Kier alpha value is -1.61. The number of para-hydroxylation sites is 1. The zero-order valence-electron chi connectivity index (χ0n) is 12.4. The van der Waals surface area contributed by atoms with E-state index in [9.17, 15) is 5.11 Å². The summed E-state index contributed by atoms with van der Waals surface area (Å²) < 4.78 is 5.47. The third-order valence-electron chi connectivity index (χ3n) is 3.13. The minimum atomic E-state index is -0.583. The summed E-state index contributed by atoms with van der Waals surface area (Å²) in [7, 11) is 0. The predicted molar refractivity (Wildman–Crippen MR) is 83.1 cm³/mol. The lowest BCUT2D eigenvalue weighted by Crippen LogP contribution is -2.32. The van der Waals surface area contributed by atoms with Gasteiger partial charge in [0.15, 0.2) is 0 Å². The highest BCUT2D eigenvalue weighted by Crippen LogP contribution is 2.16. The molecule has 0 fully saturated rings. The Morgan fingerprint density at radius 1 is 1.24 bits per heavy atom. The summed E-state index contributed by atoms with van der Waals surface area (Å²) in [5, 5.41) is 22.0. The minimum absolute atomic E-state index is 0.179. The first-order valence-corrected chi connectivity index (χ1v) is 7.48. The lowest BCUT2D eigenvalue weighted by molar-refractivity contribution is 0.106. The molecule has 0 aromatic heterocycles. The summed E-state index contributed by atoms with van der Waals surface area (Å²) in [5.41, 5.74) is 5.91. The third kappa shape index (κ3) is 7.66. The van der Waals surface area contributed by atoms with Crippen LogP contribution in [0.4, 0.5) is 0 Å². The Kier molecular flexibility index (Phi) is 9.21. The SMILES string of the molecule is N#Cc1ccccc1OCC(O)CNCCCCCCN. The molecule has 1 atom stereocenters. The molecule has 5 nitrogen and oxygen atoms in total. The van der Waals surface area contributed by atoms with Gasteiger partial charge in [-0.2, -0.15) is 5.26 Å². The van der Waals surface area contributed by atoms with Crippen molar-refractivity contribution in [3.05, 3.63) is 29.8 Å². The highest BCUT2D eigenvalue weighted by Gasteiger charge is 2.07. The first kappa shape index (κ1) is 17.4. The number of nitriles is 1. The quantitative estimate of drug-likeness (QED) is 0.536. The molecule has 1 aromatic carbocycles. The molecular formula is C16H25N3O2. The Morgan fingerprint density at radius 2 is 2.00 bits per heavy atom. The van der Waals surface area contributed by atoms with Crippen molar-refractivity contribution in [1.82, 2.24) is 5.32 Å². The van der Waals surface area contributed by atoms with Crippen LogP contribution >= 0.6 is 0 Å². The first-order valence-electron chi connectivity index (χ1n) is 7.48. The maximum absolute atomic E-state index is 9.83. The largest absolute Gasteiger partial charge is 0.489 e. The van der Waals surface area contributed by atoms with Crippen molar-refractivity contribution in [2.75, 3.05) is 26.2 Å². The number of aliphatic hydroxyl groups excluding tert-OH is 1. The van der Waals surface area contributed by atoms with Crippen molar-refractivity contribution in [1.29, 1.82) is 5.26 Å². The first-order chi connectivity index (χ1) is 10.3. The fourth-order valence-electron chi connectivity index (χ4n) is 1.95. The lowest BCUT2D eigenvalue weighted by Gasteiger charge is -2.14. The van der Waals surface area contributed by atoms with Gasteiger partial charge in [-0.3, -0.25) is 0 Å². The number of ether oxygens (including phenoxy) is 1. The molecule has 21 heavy (non-hydrogen) atoms. The second kappa shape index (κ2) is 11.1. The minimum Gasteiger partial charge on any atom is -0.489 e. The van der Waals surface area contributed by atoms with Crippen LogP contribution in [0.15, 0.2) is 24.3 Å². The predicted octanol–water partition coefficient (Wildman–Crippen LogP) is 1.41. The maximum atomic E-state index is 9.83. The van der Waals surface area contributed by atoms with Crippen molar-refractivity contribution in [3.8, 4) is 11.8 Å². The summed E-state index contributed by atoms with van der Waals surface area (Å²) in [6, 6.07) is 9.09. The number of aliphatic hydroxyl groups is 1.